The smallest absolute Gasteiger partial charge is 0.307 e. The van der Waals surface area contributed by atoms with Crippen LogP contribution in [-0.4, -0.2) is 147 Å². The second-order valence-electron chi connectivity index (χ2n) is 18.1. The number of unbranched alkanes of at least 4 members (excludes halogenated alkanes) is 5. The van der Waals surface area contributed by atoms with Gasteiger partial charge in [0.05, 0.1) is 82.4 Å². The summed E-state index contributed by atoms with van der Waals surface area (Å²) in [5, 5.41) is 49.6. The van der Waals surface area contributed by atoms with Crippen LogP contribution in [0.25, 0.3) is 0 Å². The van der Waals surface area contributed by atoms with Crippen molar-refractivity contribution in [1.29, 1.82) is 0 Å². The van der Waals surface area contributed by atoms with E-state index in [0.717, 1.165) is 32.1 Å². The standard InChI is InChI=1S/C44H79N3O14/c1-10-12-13-14-15-16-17-46-36(48)32(33(39(52)53)42(4,5)11-2)44(8,9)35(41(56)57)34(40(54)55)43(6,7)31(38(50)51)30(3)37(49)47-20-24-60-28-26-58-22-18-45-19-23-59-27-29-61-25-21-47/h30-35,45H,10-29H2,1-9H3,(H,46,48)(H,50,51)(H,52,53)(H,54,55)(H,56,57). The third kappa shape index (κ3) is 17.4. The molecule has 1 saturated heterocycles. The molecule has 1 fully saturated rings. The fourth-order valence-corrected chi connectivity index (χ4v) is 8.81. The second kappa shape index (κ2) is 27.6. The highest BCUT2D eigenvalue weighted by atomic mass is 16.5. The Hall–Kier alpha value is -3.38. The topological polar surface area (TPSA) is 248 Å². The van der Waals surface area contributed by atoms with E-state index >= 15 is 0 Å². The van der Waals surface area contributed by atoms with E-state index in [9.17, 15) is 49.2 Å². The fraction of sp³-hybridized carbons (Fsp3) is 0.864. The Morgan fingerprint density at radius 1 is 0.574 bits per heavy atom. The summed E-state index contributed by atoms with van der Waals surface area (Å²) in [5.74, 6) is -17.7. The zero-order chi connectivity index (χ0) is 46.4. The zero-order valence-electron chi connectivity index (χ0n) is 38.4. The minimum atomic E-state index is -2.02. The van der Waals surface area contributed by atoms with Gasteiger partial charge in [-0.25, -0.2) is 0 Å². The van der Waals surface area contributed by atoms with Gasteiger partial charge in [-0.1, -0.05) is 101 Å². The van der Waals surface area contributed by atoms with Crippen molar-refractivity contribution in [3.63, 3.8) is 0 Å². The number of rotatable bonds is 22. The Morgan fingerprint density at radius 3 is 1.41 bits per heavy atom. The molecule has 17 nitrogen and oxygen atoms in total. The number of nitrogens with zero attached hydrogens (tertiary/aromatic N) is 1. The number of carbonyl (C=O) groups is 6. The van der Waals surface area contributed by atoms with Crippen LogP contribution in [0.5, 0.6) is 0 Å². The van der Waals surface area contributed by atoms with Crippen LogP contribution in [0, 0.1) is 51.8 Å². The van der Waals surface area contributed by atoms with Crippen molar-refractivity contribution in [3.8, 4) is 0 Å². The molecule has 0 spiro atoms. The summed E-state index contributed by atoms with van der Waals surface area (Å²) in [6.07, 6.45) is 5.83. The molecule has 0 aromatic heterocycles. The fourth-order valence-electron chi connectivity index (χ4n) is 8.81. The molecule has 1 aliphatic rings. The Balaban J connectivity index is 3.71. The van der Waals surface area contributed by atoms with Crippen LogP contribution < -0.4 is 10.6 Å². The van der Waals surface area contributed by atoms with Crippen LogP contribution in [-0.2, 0) is 47.7 Å². The van der Waals surface area contributed by atoms with Crippen LogP contribution in [0.1, 0.15) is 107 Å². The van der Waals surface area contributed by atoms with E-state index in [1.807, 2.05) is 0 Å². The average molecular weight is 874 g/mol. The lowest BCUT2D eigenvalue weighted by atomic mass is 9.51. The van der Waals surface area contributed by atoms with Crippen molar-refractivity contribution >= 4 is 35.7 Å². The predicted octanol–water partition coefficient (Wildman–Crippen LogP) is 4.51. The number of carboxylic acid groups (broad SMARTS) is 4. The predicted molar refractivity (Wildman–Crippen MR) is 228 cm³/mol. The van der Waals surface area contributed by atoms with Crippen molar-refractivity contribution in [3.05, 3.63) is 0 Å². The molecule has 1 heterocycles. The van der Waals surface area contributed by atoms with E-state index in [2.05, 4.69) is 17.6 Å². The van der Waals surface area contributed by atoms with Gasteiger partial charge in [0.2, 0.25) is 11.8 Å². The van der Waals surface area contributed by atoms with E-state index in [1.54, 1.807) is 20.8 Å². The van der Waals surface area contributed by atoms with Gasteiger partial charge in [-0.05, 0) is 22.7 Å². The average Bonchev–Trinajstić information content (AvgIpc) is 3.17. The molecule has 6 atom stereocenters. The monoisotopic (exact) mass is 874 g/mol. The minimum Gasteiger partial charge on any atom is -0.481 e. The highest BCUT2D eigenvalue weighted by molar-refractivity contribution is 5.89. The van der Waals surface area contributed by atoms with Crippen LogP contribution in [0.15, 0.2) is 0 Å². The van der Waals surface area contributed by atoms with Crippen LogP contribution in [0.2, 0.25) is 0 Å². The van der Waals surface area contributed by atoms with Gasteiger partial charge >= 0.3 is 23.9 Å². The van der Waals surface area contributed by atoms with Gasteiger partial charge in [-0.2, -0.15) is 0 Å². The first-order chi connectivity index (χ1) is 28.6. The van der Waals surface area contributed by atoms with Crippen LogP contribution >= 0.6 is 0 Å². The second-order valence-corrected chi connectivity index (χ2v) is 18.1. The van der Waals surface area contributed by atoms with E-state index in [0.29, 0.717) is 52.4 Å². The molecular weight excluding hydrogens is 794 g/mol. The number of amides is 2. The first kappa shape index (κ1) is 55.6. The molecule has 17 heteroatoms. The SMILES string of the molecule is CCCCCCCCNC(=O)C(C(C(=O)O)C(C)(C)CC)C(C)(C)C(C(=O)O)C(C(=O)O)C(C)(C)C(C(=O)O)C(C)C(=O)N1CCOCCOCCNCCOCCOCC1. The number of ether oxygens (including phenoxy) is 4. The van der Waals surface area contributed by atoms with E-state index in [4.69, 9.17) is 18.9 Å². The summed E-state index contributed by atoms with van der Waals surface area (Å²) >= 11 is 0. The van der Waals surface area contributed by atoms with E-state index < -0.39 is 87.4 Å². The highest BCUT2D eigenvalue weighted by Crippen LogP contribution is 2.54. The molecule has 2 amide bonds. The van der Waals surface area contributed by atoms with Gasteiger partial charge in [0.1, 0.15) is 0 Å². The minimum absolute atomic E-state index is 0.0455. The van der Waals surface area contributed by atoms with Crippen molar-refractivity contribution in [1.82, 2.24) is 15.5 Å². The molecule has 0 aromatic rings. The van der Waals surface area contributed by atoms with Crippen LogP contribution in [0.3, 0.4) is 0 Å². The van der Waals surface area contributed by atoms with Crippen molar-refractivity contribution in [2.45, 2.75) is 107 Å². The van der Waals surface area contributed by atoms with Gasteiger partial charge < -0.3 is 54.9 Å². The van der Waals surface area contributed by atoms with Crippen molar-refractivity contribution < 1.29 is 68.1 Å². The summed E-state index contributed by atoms with van der Waals surface area (Å²) < 4.78 is 22.5. The number of hydrogen-bond acceptors (Lipinski definition) is 11. The number of nitrogens with one attached hydrogen (secondary N) is 2. The molecule has 0 bridgehead atoms. The number of aliphatic carboxylic acids is 4. The molecule has 354 valence electrons. The Kier molecular flexibility index (Phi) is 25.2. The van der Waals surface area contributed by atoms with Gasteiger partial charge in [-0.3, -0.25) is 28.8 Å². The van der Waals surface area contributed by atoms with Crippen molar-refractivity contribution in [2.75, 3.05) is 85.6 Å². The lowest BCUT2D eigenvalue weighted by Crippen LogP contribution is -2.59. The van der Waals surface area contributed by atoms with Gasteiger partial charge in [0.25, 0.3) is 0 Å². The lowest BCUT2D eigenvalue weighted by Gasteiger charge is -2.50. The quantitative estimate of drug-likeness (QED) is 0.0820. The van der Waals surface area contributed by atoms with E-state index in [-0.39, 0.29) is 46.1 Å². The normalized spacial score (nSPS) is 19.2. The number of carbonyl (C=O) groups excluding carboxylic acids is 2. The maximum absolute atomic E-state index is 14.4. The Bertz CT molecular complexity index is 1350. The molecule has 61 heavy (non-hydrogen) atoms. The molecular formula is C44H79N3O14. The van der Waals surface area contributed by atoms with E-state index in [1.165, 1.54) is 39.5 Å². The largest absolute Gasteiger partial charge is 0.481 e. The summed E-state index contributed by atoms with van der Waals surface area (Å²) in [7, 11) is 0. The van der Waals surface area contributed by atoms with Gasteiger partial charge in [-0.15, -0.1) is 0 Å². The molecule has 6 N–H and O–H groups in total. The van der Waals surface area contributed by atoms with Crippen LogP contribution in [0.4, 0.5) is 0 Å². The Morgan fingerprint density at radius 2 is 0.984 bits per heavy atom. The maximum atomic E-state index is 14.4. The zero-order valence-corrected chi connectivity index (χ0v) is 38.4. The summed E-state index contributed by atoms with van der Waals surface area (Å²) in [5.41, 5.74) is -4.93. The third-order valence-electron chi connectivity index (χ3n) is 12.6. The lowest BCUT2D eigenvalue weighted by molar-refractivity contribution is -0.181. The first-order valence-electron chi connectivity index (χ1n) is 22.1. The molecule has 0 aromatic carbocycles. The maximum Gasteiger partial charge on any atom is 0.307 e. The highest BCUT2D eigenvalue weighted by Gasteiger charge is 2.62. The van der Waals surface area contributed by atoms with Gasteiger partial charge in [0.15, 0.2) is 0 Å². The summed E-state index contributed by atoms with van der Waals surface area (Å²) in [4.78, 5) is 83.8. The molecule has 0 saturated carbocycles. The third-order valence-corrected chi connectivity index (χ3v) is 12.6. The molecule has 1 rings (SSSR count). The molecule has 0 radical (unpaired) electrons. The summed E-state index contributed by atoms with van der Waals surface area (Å²) in [6, 6.07) is 0. The molecule has 6 unspecified atom stereocenters. The molecule has 0 aliphatic carbocycles. The summed E-state index contributed by atoms with van der Waals surface area (Å²) in [6.45, 7) is 17.7. The number of hydrogen-bond donors (Lipinski definition) is 6. The Labute approximate surface area is 363 Å². The molecule has 1 aliphatic heterocycles. The van der Waals surface area contributed by atoms with Crippen molar-refractivity contribution in [2.24, 2.45) is 51.8 Å². The van der Waals surface area contributed by atoms with Gasteiger partial charge in [0, 0.05) is 38.6 Å². The number of carboxylic acids is 4. The first-order valence-corrected chi connectivity index (χ1v) is 22.1.